The average molecular weight is 362 g/mol. The molecule has 0 radical (unpaired) electrons. The topological polar surface area (TPSA) is 34.1 Å². The zero-order valence-corrected chi connectivity index (χ0v) is 16.1. The van der Waals surface area contributed by atoms with E-state index in [0.717, 1.165) is 16.7 Å². The molecule has 0 aliphatic heterocycles. The van der Waals surface area contributed by atoms with E-state index in [2.05, 4.69) is 0 Å². The van der Waals surface area contributed by atoms with Crippen molar-refractivity contribution < 1.29 is 9.36 Å². The fraction of sp³-hybridized carbons (Fsp3) is 0.174. The van der Waals surface area contributed by atoms with Gasteiger partial charge >= 0.3 is 0 Å². The van der Waals surface area contributed by atoms with Crippen molar-refractivity contribution in [1.29, 1.82) is 0 Å². The Morgan fingerprint density at radius 1 is 0.769 bits per heavy atom. The van der Waals surface area contributed by atoms with Crippen LogP contribution in [0.4, 0.5) is 0 Å². The fourth-order valence-electron chi connectivity index (χ4n) is 3.39. The number of aryl methyl sites for hydroxylation is 3. The molecule has 0 amide bonds. The molecule has 0 aliphatic carbocycles. The third-order valence-corrected chi connectivity index (χ3v) is 7.98. The van der Waals surface area contributed by atoms with Gasteiger partial charge in [-0.05, 0) is 37.0 Å². The molecule has 0 spiro atoms. The normalized spacial score (nSPS) is 13.2. The Labute approximate surface area is 155 Å². The zero-order valence-electron chi connectivity index (χ0n) is 15.2. The maximum atomic E-state index is 14.2. The molecule has 0 aliphatic rings. The van der Waals surface area contributed by atoms with Gasteiger partial charge in [0.2, 0.25) is 12.7 Å². The van der Waals surface area contributed by atoms with Gasteiger partial charge in [-0.2, -0.15) is 0 Å². The number of benzene rings is 3. The zero-order chi connectivity index (χ0) is 18.6. The molecule has 3 heteroatoms. The van der Waals surface area contributed by atoms with Gasteiger partial charge < -0.3 is 4.57 Å². The van der Waals surface area contributed by atoms with Gasteiger partial charge in [-0.15, -0.1) is 0 Å². The molecule has 0 aromatic heterocycles. The van der Waals surface area contributed by atoms with Gasteiger partial charge in [-0.1, -0.05) is 78.9 Å². The SMILES string of the molecule is Cc1cccc(C)c1P(=O)(C(=O)CCc1ccccc1)c1ccccc1. The van der Waals surface area contributed by atoms with Gasteiger partial charge in [0, 0.05) is 17.0 Å². The third kappa shape index (κ3) is 3.57. The van der Waals surface area contributed by atoms with Crippen LogP contribution in [0.1, 0.15) is 23.1 Å². The van der Waals surface area contributed by atoms with Crippen LogP contribution < -0.4 is 10.6 Å². The molecule has 3 aromatic carbocycles. The van der Waals surface area contributed by atoms with Crippen LogP contribution in [0, 0.1) is 13.8 Å². The minimum absolute atomic E-state index is 0.176. The Balaban J connectivity index is 2.04. The highest BCUT2D eigenvalue weighted by molar-refractivity contribution is 7.93. The molecular formula is C23H23O2P. The molecule has 0 N–H and O–H groups in total. The first-order valence-corrected chi connectivity index (χ1v) is 10.5. The monoisotopic (exact) mass is 362 g/mol. The maximum absolute atomic E-state index is 14.2. The smallest absolute Gasteiger partial charge is 0.205 e. The third-order valence-electron chi connectivity index (χ3n) is 4.70. The van der Waals surface area contributed by atoms with Gasteiger partial charge in [-0.3, -0.25) is 4.79 Å². The van der Waals surface area contributed by atoms with E-state index < -0.39 is 7.14 Å². The van der Waals surface area contributed by atoms with E-state index in [-0.39, 0.29) is 11.9 Å². The number of hydrogen-bond acceptors (Lipinski definition) is 2. The number of rotatable bonds is 6. The Kier molecular flexibility index (Phi) is 5.54. The van der Waals surface area contributed by atoms with E-state index in [0.29, 0.717) is 17.0 Å². The Morgan fingerprint density at radius 3 is 1.88 bits per heavy atom. The first-order valence-electron chi connectivity index (χ1n) is 8.83. The highest BCUT2D eigenvalue weighted by atomic mass is 31.2. The van der Waals surface area contributed by atoms with Crippen molar-refractivity contribution in [2.45, 2.75) is 26.7 Å². The van der Waals surface area contributed by atoms with Gasteiger partial charge in [0.15, 0.2) is 0 Å². The van der Waals surface area contributed by atoms with E-state index in [1.165, 1.54) is 0 Å². The van der Waals surface area contributed by atoms with E-state index in [1.54, 1.807) is 0 Å². The molecule has 0 fully saturated rings. The molecule has 26 heavy (non-hydrogen) atoms. The molecule has 1 atom stereocenters. The first kappa shape index (κ1) is 18.4. The molecular weight excluding hydrogens is 339 g/mol. The average Bonchev–Trinajstić information content (AvgIpc) is 2.67. The van der Waals surface area contributed by atoms with E-state index in [4.69, 9.17) is 0 Å². The highest BCUT2D eigenvalue weighted by Gasteiger charge is 2.37. The van der Waals surface area contributed by atoms with Crippen molar-refractivity contribution in [3.63, 3.8) is 0 Å². The van der Waals surface area contributed by atoms with Crippen LogP contribution in [0.2, 0.25) is 0 Å². The quantitative estimate of drug-likeness (QED) is 0.592. The number of hydrogen-bond donors (Lipinski definition) is 0. The van der Waals surface area contributed by atoms with Crippen LogP contribution >= 0.6 is 7.14 Å². The maximum Gasteiger partial charge on any atom is 0.205 e. The molecule has 1 unspecified atom stereocenters. The molecule has 0 saturated carbocycles. The van der Waals surface area contributed by atoms with Crippen LogP contribution in [-0.2, 0) is 15.8 Å². The second-order valence-corrected chi connectivity index (χ2v) is 9.25. The summed E-state index contributed by atoms with van der Waals surface area (Å²) in [4.78, 5) is 13.3. The van der Waals surface area contributed by atoms with Crippen molar-refractivity contribution >= 4 is 23.3 Å². The standard InChI is InChI=1S/C23H23O2P/c1-18-10-9-11-19(2)23(18)26(25,21-14-7-4-8-15-21)22(24)17-16-20-12-5-3-6-13-20/h3-15H,16-17H2,1-2H3. The van der Waals surface area contributed by atoms with Crippen molar-refractivity contribution in [3.8, 4) is 0 Å². The fourth-order valence-corrected chi connectivity index (χ4v) is 6.35. The van der Waals surface area contributed by atoms with E-state index >= 15 is 0 Å². The largest absolute Gasteiger partial charge is 0.306 e. The summed E-state index contributed by atoms with van der Waals surface area (Å²) >= 11 is 0. The lowest BCUT2D eigenvalue weighted by molar-refractivity contribution is -0.111. The summed E-state index contributed by atoms with van der Waals surface area (Å²) in [7, 11) is -3.37. The summed E-state index contributed by atoms with van der Waals surface area (Å²) in [5.74, 6) is 0. The van der Waals surface area contributed by atoms with Crippen molar-refractivity contribution in [2.75, 3.05) is 0 Å². The van der Waals surface area contributed by atoms with Crippen LogP contribution in [-0.4, -0.2) is 5.52 Å². The Bertz CT molecular complexity index is 926. The summed E-state index contributed by atoms with van der Waals surface area (Å²) in [6.07, 6.45) is 0.866. The second kappa shape index (κ2) is 7.85. The lowest BCUT2D eigenvalue weighted by Crippen LogP contribution is -2.26. The van der Waals surface area contributed by atoms with E-state index in [1.807, 2.05) is 92.7 Å². The number of carbonyl (C=O) groups excluding carboxylic acids is 1. The highest BCUT2D eigenvalue weighted by Crippen LogP contribution is 2.47. The molecule has 3 aromatic rings. The molecule has 2 nitrogen and oxygen atoms in total. The van der Waals surface area contributed by atoms with Crippen molar-refractivity contribution in [3.05, 3.63) is 95.6 Å². The van der Waals surface area contributed by atoms with Gasteiger partial charge in [0.25, 0.3) is 0 Å². The van der Waals surface area contributed by atoms with Crippen LogP contribution in [0.5, 0.6) is 0 Å². The molecule has 0 bridgehead atoms. The molecule has 0 heterocycles. The predicted molar refractivity (Wildman–Crippen MR) is 109 cm³/mol. The van der Waals surface area contributed by atoms with Gasteiger partial charge in [-0.25, -0.2) is 0 Å². The lowest BCUT2D eigenvalue weighted by atomic mass is 10.1. The summed E-state index contributed by atoms with van der Waals surface area (Å²) < 4.78 is 14.2. The van der Waals surface area contributed by atoms with Crippen molar-refractivity contribution in [2.24, 2.45) is 0 Å². The minimum atomic E-state index is -3.37. The first-order chi connectivity index (χ1) is 12.5. The summed E-state index contributed by atoms with van der Waals surface area (Å²) in [5.41, 5.74) is 2.72. The van der Waals surface area contributed by atoms with Crippen LogP contribution in [0.25, 0.3) is 0 Å². The van der Waals surface area contributed by atoms with Gasteiger partial charge in [0.05, 0.1) is 0 Å². The summed E-state index contributed by atoms with van der Waals surface area (Å²) in [6.45, 7) is 3.87. The van der Waals surface area contributed by atoms with Crippen LogP contribution in [0.3, 0.4) is 0 Å². The van der Waals surface area contributed by atoms with Gasteiger partial charge in [0.1, 0.15) is 0 Å². The lowest BCUT2D eigenvalue weighted by Gasteiger charge is -2.22. The summed E-state index contributed by atoms with van der Waals surface area (Å²) in [6, 6.07) is 24.9. The summed E-state index contributed by atoms with van der Waals surface area (Å²) in [5, 5.41) is 1.32. The predicted octanol–water partition coefficient (Wildman–Crippen LogP) is 4.78. The van der Waals surface area contributed by atoms with Crippen LogP contribution in [0.15, 0.2) is 78.9 Å². The minimum Gasteiger partial charge on any atom is -0.306 e. The molecule has 0 saturated heterocycles. The van der Waals surface area contributed by atoms with E-state index in [9.17, 15) is 9.36 Å². The second-order valence-electron chi connectivity index (χ2n) is 6.56. The van der Waals surface area contributed by atoms with Crippen molar-refractivity contribution in [1.82, 2.24) is 0 Å². The molecule has 132 valence electrons. The molecule has 3 rings (SSSR count). The Hall–Kier alpha value is -2.44. The Morgan fingerprint density at radius 2 is 1.31 bits per heavy atom. The number of carbonyl (C=O) groups is 1.